The summed E-state index contributed by atoms with van der Waals surface area (Å²) in [4.78, 5) is 13.7. The van der Waals surface area contributed by atoms with Crippen LogP contribution in [0.4, 0.5) is 0 Å². The number of piperidine rings is 1. The van der Waals surface area contributed by atoms with Crippen molar-refractivity contribution >= 4 is 5.91 Å². The minimum absolute atomic E-state index is 0.0571. The summed E-state index contributed by atoms with van der Waals surface area (Å²) in [5.41, 5.74) is 5.27. The van der Waals surface area contributed by atoms with Crippen LogP contribution in [-0.2, 0) is 9.53 Å². The van der Waals surface area contributed by atoms with Crippen LogP contribution in [0.1, 0.15) is 26.7 Å². The van der Waals surface area contributed by atoms with Gasteiger partial charge in [0.15, 0.2) is 6.61 Å². The predicted octanol–water partition coefficient (Wildman–Crippen LogP) is 1.64. The van der Waals surface area contributed by atoms with E-state index in [2.05, 4.69) is 6.92 Å². The van der Waals surface area contributed by atoms with E-state index in [9.17, 15) is 4.79 Å². The molecule has 0 aromatic rings. The first-order valence-corrected chi connectivity index (χ1v) is 6.12. The van der Waals surface area contributed by atoms with Crippen LogP contribution in [0.2, 0.25) is 0 Å². The van der Waals surface area contributed by atoms with Gasteiger partial charge in [-0.2, -0.15) is 0 Å². The average Bonchev–Trinajstić information content (AvgIpc) is 2.35. The summed E-state index contributed by atoms with van der Waals surface area (Å²) in [6.45, 7) is 5.87. The minimum atomic E-state index is 0.0571. The topological polar surface area (TPSA) is 55.6 Å². The lowest BCUT2D eigenvalue weighted by molar-refractivity contribution is -0.136. The molecule has 0 radical (unpaired) electrons. The third-order valence-electron chi connectivity index (χ3n) is 3.04. The Balaban J connectivity index is 2.34. The highest BCUT2D eigenvalue weighted by atomic mass is 16.5. The van der Waals surface area contributed by atoms with Gasteiger partial charge >= 0.3 is 0 Å². The number of carbonyl (C=O) groups is 1. The fraction of sp³-hybridized carbons (Fsp3) is 0.615. The SMILES string of the molecule is C/C=C(\C=C/N)OCC(=O)N1CCC(C)CC1. The Hall–Kier alpha value is -1.45. The van der Waals surface area contributed by atoms with E-state index in [1.165, 1.54) is 6.20 Å². The number of carbonyl (C=O) groups excluding carboxylic acids is 1. The molecule has 96 valence electrons. The van der Waals surface area contributed by atoms with Crippen molar-refractivity contribution in [3.8, 4) is 0 Å². The van der Waals surface area contributed by atoms with E-state index in [1.54, 1.807) is 12.2 Å². The van der Waals surface area contributed by atoms with Crippen LogP contribution >= 0.6 is 0 Å². The molecule has 0 aromatic carbocycles. The van der Waals surface area contributed by atoms with Crippen molar-refractivity contribution in [2.45, 2.75) is 26.7 Å². The van der Waals surface area contributed by atoms with E-state index in [4.69, 9.17) is 10.5 Å². The van der Waals surface area contributed by atoms with Crippen LogP contribution in [0.3, 0.4) is 0 Å². The van der Waals surface area contributed by atoms with Gasteiger partial charge in [-0.05, 0) is 44.0 Å². The maximum atomic E-state index is 11.8. The van der Waals surface area contributed by atoms with Gasteiger partial charge < -0.3 is 15.4 Å². The molecule has 1 saturated heterocycles. The number of ether oxygens (including phenoxy) is 1. The summed E-state index contributed by atoms with van der Waals surface area (Å²) in [5, 5.41) is 0. The molecule has 0 saturated carbocycles. The van der Waals surface area contributed by atoms with Crippen LogP contribution in [0.5, 0.6) is 0 Å². The second-order valence-corrected chi connectivity index (χ2v) is 4.40. The minimum Gasteiger partial charge on any atom is -0.484 e. The van der Waals surface area contributed by atoms with Crippen molar-refractivity contribution in [1.82, 2.24) is 4.90 Å². The second kappa shape index (κ2) is 6.99. The zero-order valence-electron chi connectivity index (χ0n) is 10.7. The summed E-state index contributed by atoms with van der Waals surface area (Å²) in [5.74, 6) is 1.42. The fourth-order valence-electron chi connectivity index (χ4n) is 1.82. The van der Waals surface area contributed by atoms with Crippen LogP contribution in [0.25, 0.3) is 0 Å². The number of amides is 1. The molecular weight excluding hydrogens is 216 g/mol. The van der Waals surface area contributed by atoms with E-state index in [1.807, 2.05) is 11.8 Å². The standard InChI is InChI=1S/C13H22N2O2/c1-3-12(4-7-14)17-10-13(16)15-8-5-11(2)6-9-15/h3-4,7,11H,5-6,8-10,14H2,1-2H3/b7-4-,12-3+. The van der Waals surface area contributed by atoms with Gasteiger partial charge in [-0.1, -0.05) is 6.92 Å². The third kappa shape index (κ3) is 4.51. The van der Waals surface area contributed by atoms with E-state index < -0.39 is 0 Å². The number of rotatable bonds is 4. The highest BCUT2D eigenvalue weighted by molar-refractivity contribution is 5.77. The number of hydrogen-bond acceptors (Lipinski definition) is 3. The molecule has 1 aliphatic heterocycles. The van der Waals surface area contributed by atoms with E-state index in [0.717, 1.165) is 31.8 Å². The molecule has 0 spiro atoms. The van der Waals surface area contributed by atoms with Crippen molar-refractivity contribution < 1.29 is 9.53 Å². The fourth-order valence-corrected chi connectivity index (χ4v) is 1.82. The summed E-state index contributed by atoms with van der Waals surface area (Å²) < 4.78 is 5.38. The summed E-state index contributed by atoms with van der Waals surface area (Å²) in [6, 6.07) is 0. The maximum Gasteiger partial charge on any atom is 0.260 e. The Morgan fingerprint density at radius 1 is 1.47 bits per heavy atom. The molecule has 0 aliphatic carbocycles. The number of allylic oxidation sites excluding steroid dienone is 2. The van der Waals surface area contributed by atoms with E-state index in [0.29, 0.717) is 5.76 Å². The van der Waals surface area contributed by atoms with Gasteiger partial charge in [-0.15, -0.1) is 0 Å². The first kappa shape index (κ1) is 13.6. The monoisotopic (exact) mass is 238 g/mol. The Morgan fingerprint density at radius 3 is 2.65 bits per heavy atom. The molecule has 0 unspecified atom stereocenters. The molecule has 1 fully saturated rings. The van der Waals surface area contributed by atoms with E-state index in [-0.39, 0.29) is 12.5 Å². The third-order valence-corrected chi connectivity index (χ3v) is 3.04. The Kier molecular flexibility index (Phi) is 5.60. The molecule has 0 atom stereocenters. The number of nitrogens with two attached hydrogens (primary N) is 1. The largest absolute Gasteiger partial charge is 0.484 e. The van der Waals surface area contributed by atoms with Crippen LogP contribution in [-0.4, -0.2) is 30.5 Å². The molecule has 2 N–H and O–H groups in total. The van der Waals surface area contributed by atoms with Gasteiger partial charge in [0.05, 0.1) is 0 Å². The zero-order valence-corrected chi connectivity index (χ0v) is 10.7. The molecule has 1 heterocycles. The first-order valence-electron chi connectivity index (χ1n) is 6.12. The van der Waals surface area contributed by atoms with Crippen molar-refractivity contribution in [3.05, 3.63) is 24.1 Å². The van der Waals surface area contributed by atoms with Gasteiger partial charge in [0.1, 0.15) is 5.76 Å². The maximum absolute atomic E-state index is 11.8. The Labute approximate surface area is 103 Å². The van der Waals surface area contributed by atoms with Crippen molar-refractivity contribution in [1.29, 1.82) is 0 Å². The first-order chi connectivity index (χ1) is 8.17. The molecule has 4 heteroatoms. The van der Waals surface area contributed by atoms with Crippen LogP contribution < -0.4 is 5.73 Å². The average molecular weight is 238 g/mol. The van der Waals surface area contributed by atoms with E-state index >= 15 is 0 Å². The molecule has 1 amide bonds. The summed E-state index contributed by atoms with van der Waals surface area (Å²) in [7, 11) is 0. The zero-order chi connectivity index (χ0) is 12.7. The molecule has 0 aromatic heterocycles. The van der Waals surface area contributed by atoms with Gasteiger partial charge in [-0.25, -0.2) is 0 Å². The Morgan fingerprint density at radius 2 is 2.12 bits per heavy atom. The molecule has 0 bridgehead atoms. The number of hydrogen-bond donors (Lipinski definition) is 1. The quantitative estimate of drug-likeness (QED) is 0.598. The number of nitrogens with zero attached hydrogens (tertiary/aromatic N) is 1. The van der Waals surface area contributed by atoms with Gasteiger partial charge in [0.25, 0.3) is 5.91 Å². The summed E-state index contributed by atoms with van der Waals surface area (Å²) in [6.07, 6.45) is 7.01. The Bertz CT molecular complexity index is 303. The smallest absolute Gasteiger partial charge is 0.260 e. The number of likely N-dealkylation sites (tertiary alicyclic amines) is 1. The van der Waals surface area contributed by atoms with Crippen molar-refractivity contribution in [3.63, 3.8) is 0 Å². The molecule has 4 nitrogen and oxygen atoms in total. The molecule has 1 rings (SSSR count). The van der Waals surface area contributed by atoms with Gasteiger partial charge in [-0.3, -0.25) is 4.79 Å². The molecule has 1 aliphatic rings. The lowest BCUT2D eigenvalue weighted by atomic mass is 9.99. The van der Waals surface area contributed by atoms with Crippen LogP contribution in [0.15, 0.2) is 24.1 Å². The van der Waals surface area contributed by atoms with Gasteiger partial charge in [0.2, 0.25) is 0 Å². The summed E-state index contributed by atoms with van der Waals surface area (Å²) >= 11 is 0. The molecule has 17 heavy (non-hydrogen) atoms. The van der Waals surface area contributed by atoms with Crippen LogP contribution in [0, 0.1) is 5.92 Å². The second-order valence-electron chi connectivity index (χ2n) is 4.40. The normalized spacial score (nSPS) is 18.7. The molecular formula is C13H22N2O2. The lowest BCUT2D eigenvalue weighted by Crippen LogP contribution is -2.39. The van der Waals surface area contributed by atoms with Crippen molar-refractivity contribution in [2.24, 2.45) is 11.7 Å². The lowest BCUT2D eigenvalue weighted by Gasteiger charge is -2.30. The van der Waals surface area contributed by atoms with Gasteiger partial charge in [0, 0.05) is 13.1 Å². The highest BCUT2D eigenvalue weighted by Crippen LogP contribution is 2.16. The predicted molar refractivity (Wildman–Crippen MR) is 68.0 cm³/mol. The highest BCUT2D eigenvalue weighted by Gasteiger charge is 2.20. The van der Waals surface area contributed by atoms with Crippen molar-refractivity contribution in [2.75, 3.05) is 19.7 Å².